The number of rotatable bonds is 4. The molecule has 24 heavy (non-hydrogen) atoms. The normalized spacial score (nSPS) is 17.7. The average molecular weight is 328 g/mol. The standard InChI is InChI=1S/C18H20N2O4/c1-11-10-16(24-20-11)18(22)23-12(2)17(21)19-15-9-5-7-13-6-3-4-8-14(13)15/h3-4,6,8,10,12,15H,5,7,9H2,1-2H3,(H,19,21)/t12-,15+/m0/s1. The molecule has 1 heterocycles. The zero-order valence-electron chi connectivity index (χ0n) is 13.7. The lowest BCUT2D eigenvalue weighted by Gasteiger charge is -2.27. The van der Waals surface area contributed by atoms with Gasteiger partial charge in [0.1, 0.15) is 0 Å². The van der Waals surface area contributed by atoms with Crippen LogP contribution >= 0.6 is 0 Å². The molecule has 126 valence electrons. The van der Waals surface area contributed by atoms with E-state index in [-0.39, 0.29) is 17.7 Å². The highest BCUT2D eigenvalue weighted by molar-refractivity contribution is 5.90. The minimum absolute atomic E-state index is 0.00448. The van der Waals surface area contributed by atoms with Crippen LogP contribution in [0.2, 0.25) is 0 Å². The molecule has 3 rings (SSSR count). The SMILES string of the molecule is Cc1cc(C(=O)O[C@@H](C)C(=O)N[C@@H]2CCCc3ccccc32)on1. The Hall–Kier alpha value is -2.63. The first kappa shape index (κ1) is 16.2. The van der Waals surface area contributed by atoms with Gasteiger partial charge in [-0.25, -0.2) is 4.79 Å². The molecular weight excluding hydrogens is 308 g/mol. The third kappa shape index (κ3) is 3.48. The molecule has 0 fully saturated rings. The van der Waals surface area contributed by atoms with Crippen LogP contribution in [0.25, 0.3) is 0 Å². The summed E-state index contributed by atoms with van der Waals surface area (Å²) < 4.78 is 10.0. The molecule has 0 saturated heterocycles. The zero-order valence-corrected chi connectivity index (χ0v) is 13.7. The molecule has 1 aromatic carbocycles. The number of fused-ring (bicyclic) bond motifs is 1. The van der Waals surface area contributed by atoms with Crippen LogP contribution in [0.15, 0.2) is 34.9 Å². The maximum Gasteiger partial charge on any atom is 0.377 e. The number of aromatic nitrogens is 1. The Kier molecular flexibility index (Phi) is 4.64. The predicted molar refractivity (Wildman–Crippen MR) is 86.4 cm³/mol. The first-order valence-electron chi connectivity index (χ1n) is 8.07. The number of carbonyl (C=O) groups excluding carboxylic acids is 2. The molecule has 1 aromatic heterocycles. The van der Waals surface area contributed by atoms with Crippen molar-refractivity contribution in [1.29, 1.82) is 0 Å². The van der Waals surface area contributed by atoms with E-state index in [9.17, 15) is 9.59 Å². The quantitative estimate of drug-likeness (QED) is 0.873. The summed E-state index contributed by atoms with van der Waals surface area (Å²) in [6, 6.07) is 9.53. The van der Waals surface area contributed by atoms with Crippen molar-refractivity contribution in [2.45, 2.75) is 45.3 Å². The molecule has 6 heteroatoms. The fraction of sp³-hybridized carbons (Fsp3) is 0.389. The summed E-state index contributed by atoms with van der Waals surface area (Å²) in [6.07, 6.45) is 2.02. The van der Waals surface area contributed by atoms with Crippen molar-refractivity contribution in [1.82, 2.24) is 10.5 Å². The van der Waals surface area contributed by atoms with Gasteiger partial charge in [0, 0.05) is 6.07 Å². The van der Waals surface area contributed by atoms with E-state index in [1.807, 2.05) is 18.2 Å². The number of hydrogen-bond donors (Lipinski definition) is 1. The van der Waals surface area contributed by atoms with E-state index in [0.29, 0.717) is 5.69 Å². The van der Waals surface area contributed by atoms with Crippen LogP contribution in [0.1, 0.15) is 53.2 Å². The summed E-state index contributed by atoms with van der Waals surface area (Å²) in [6.45, 7) is 3.25. The van der Waals surface area contributed by atoms with Crippen molar-refractivity contribution in [2.75, 3.05) is 0 Å². The van der Waals surface area contributed by atoms with Crippen LogP contribution in [-0.2, 0) is 16.0 Å². The first-order valence-corrected chi connectivity index (χ1v) is 8.07. The van der Waals surface area contributed by atoms with Gasteiger partial charge in [0.2, 0.25) is 5.76 Å². The van der Waals surface area contributed by atoms with Crippen LogP contribution < -0.4 is 5.32 Å². The van der Waals surface area contributed by atoms with Crippen molar-refractivity contribution in [3.05, 3.63) is 52.9 Å². The number of aryl methyl sites for hydroxylation is 2. The van der Waals surface area contributed by atoms with Gasteiger partial charge in [-0.15, -0.1) is 0 Å². The van der Waals surface area contributed by atoms with Gasteiger partial charge in [-0.2, -0.15) is 0 Å². The minimum Gasteiger partial charge on any atom is -0.447 e. The number of ether oxygens (including phenoxy) is 1. The summed E-state index contributed by atoms with van der Waals surface area (Å²) in [5.74, 6) is -1.02. The number of benzene rings is 1. The van der Waals surface area contributed by atoms with E-state index in [1.54, 1.807) is 13.8 Å². The summed E-state index contributed by atoms with van der Waals surface area (Å²) in [4.78, 5) is 24.3. The van der Waals surface area contributed by atoms with E-state index in [2.05, 4.69) is 16.5 Å². The van der Waals surface area contributed by atoms with Gasteiger partial charge < -0.3 is 14.6 Å². The second-order valence-corrected chi connectivity index (χ2v) is 6.03. The fourth-order valence-corrected chi connectivity index (χ4v) is 2.92. The molecular formula is C18H20N2O4. The summed E-state index contributed by atoms with van der Waals surface area (Å²) in [5, 5.41) is 6.61. The summed E-state index contributed by atoms with van der Waals surface area (Å²) in [5.41, 5.74) is 2.98. The lowest BCUT2D eigenvalue weighted by atomic mass is 9.87. The molecule has 0 spiro atoms. The molecule has 1 aliphatic carbocycles. The van der Waals surface area contributed by atoms with Gasteiger partial charge in [-0.1, -0.05) is 29.4 Å². The van der Waals surface area contributed by atoms with Crippen LogP contribution in [0.5, 0.6) is 0 Å². The smallest absolute Gasteiger partial charge is 0.377 e. The molecule has 0 saturated carbocycles. The Bertz CT molecular complexity index is 753. The molecule has 1 amide bonds. The molecule has 1 aliphatic rings. The molecule has 0 bridgehead atoms. The van der Waals surface area contributed by atoms with Crippen LogP contribution in [0, 0.1) is 6.92 Å². The topological polar surface area (TPSA) is 81.4 Å². The fourth-order valence-electron chi connectivity index (χ4n) is 2.92. The van der Waals surface area contributed by atoms with Crippen LogP contribution in [-0.4, -0.2) is 23.1 Å². The van der Waals surface area contributed by atoms with E-state index in [0.717, 1.165) is 24.8 Å². The van der Waals surface area contributed by atoms with E-state index < -0.39 is 12.1 Å². The van der Waals surface area contributed by atoms with Gasteiger partial charge >= 0.3 is 5.97 Å². The van der Waals surface area contributed by atoms with Gasteiger partial charge in [-0.3, -0.25) is 4.79 Å². The molecule has 0 radical (unpaired) electrons. The third-order valence-corrected chi connectivity index (χ3v) is 4.17. The number of hydrogen-bond acceptors (Lipinski definition) is 5. The largest absolute Gasteiger partial charge is 0.447 e. The Morgan fingerprint density at radius 3 is 2.92 bits per heavy atom. The number of carbonyl (C=O) groups is 2. The Morgan fingerprint density at radius 1 is 1.38 bits per heavy atom. The number of amides is 1. The van der Waals surface area contributed by atoms with Crippen molar-refractivity contribution < 1.29 is 18.8 Å². The zero-order chi connectivity index (χ0) is 17.1. The summed E-state index contributed by atoms with van der Waals surface area (Å²) >= 11 is 0. The van der Waals surface area contributed by atoms with Gasteiger partial charge in [0.25, 0.3) is 5.91 Å². The van der Waals surface area contributed by atoms with Crippen molar-refractivity contribution in [2.24, 2.45) is 0 Å². The Labute approximate surface area is 140 Å². The van der Waals surface area contributed by atoms with Crippen molar-refractivity contribution >= 4 is 11.9 Å². The van der Waals surface area contributed by atoms with E-state index >= 15 is 0 Å². The second kappa shape index (κ2) is 6.86. The number of nitrogens with zero attached hydrogens (tertiary/aromatic N) is 1. The highest BCUT2D eigenvalue weighted by Crippen LogP contribution is 2.29. The van der Waals surface area contributed by atoms with Crippen LogP contribution in [0.3, 0.4) is 0 Å². The average Bonchev–Trinajstić information content (AvgIpc) is 3.01. The number of nitrogens with one attached hydrogen (secondary N) is 1. The van der Waals surface area contributed by atoms with Gasteiger partial charge in [0.15, 0.2) is 6.10 Å². The highest BCUT2D eigenvalue weighted by atomic mass is 16.6. The van der Waals surface area contributed by atoms with Crippen molar-refractivity contribution in [3.63, 3.8) is 0 Å². The highest BCUT2D eigenvalue weighted by Gasteiger charge is 2.26. The monoisotopic (exact) mass is 328 g/mol. The van der Waals surface area contributed by atoms with Crippen molar-refractivity contribution in [3.8, 4) is 0 Å². The first-order chi connectivity index (χ1) is 11.5. The summed E-state index contributed by atoms with van der Waals surface area (Å²) in [7, 11) is 0. The van der Waals surface area contributed by atoms with E-state index in [4.69, 9.17) is 9.26 Å². The maximum absolute atomic E-state index is 12.4. The van der Waals surface area contributed by atoms with Gasteiger partial charge in [0.05, 0.1) is 11.7 Å². The molecule has 0 unspecified atom stereocenters. The molecule has 0 aliphatic heterocycles. The lowest BCUT2D eigenvalue weighted by molar-refractivity contribution is -0.130. The molecule has 6 nitrogen and oxygen atoms in total. The maximum atomic E-state index is 12.4. The molecule has 2 atom stereocenters. The Balaban J connectivity index is 1.62. The molecule has 1 N–H and O–H groups in total. The number of esters is 1. The second-order valence-electron chi connectivity index (χ2n) is 6.03. The Morgan fingerprint density at radius 2 is 2.17 bits per heavy atom. The predicted octanol–water partition coefficient (Wildman–Crippen LogP) is 2.72. The van der Waals surface area contributed by atoms with Crippen LogP contribution in [0.4, 0.5) is 0 Å². The third-order valence-electron chi connectivity index (χ3n) is 4.17. The lowest BCUT2D eigenvalue weighted by Crippen LogP contribution is -2.39. The van der Waals surface area contributed by atoms with E-state index in [1.165, 1.54) is 11.6 Å². The minimum atomic E-state index is -0.906. The molecule has 2 aromatic rings. The van der Waals surface area contributed by atoms with Gasteiger partial charge in [-0.05, 0) is 44.2 Å².